The van der Waals surface area contributed by atoms with Crippen LogP contribution in [0.4, 0.5) is 0 Å². The van der Waals surface area contributed by atoms with E-state index in [0.717, 1.165) is 41.6 Å². The van der Waals surface area contributed by atoms with Crippen molar-refractivity contribution in [3.63, 3.8) is 0 Å². The highest BCUT2D eigenvalue weighted by Crippen LogP contribution is 2.35. The molecule has 3 atom stereocenters. The number of thioether (sulfide) groups is 1. The number of fused-ring (bicyclic) bond motifs is 3. The van der Waals surface area contributed by atoms with Crippen LogP contribution in [0.25, 0.3) is 15.9 Å². The van der Waals surface area contributed by atoms with E-state index in [9.17, 15) is 9.59 Å². The zero-order chi connectivity index (χ0) is 22.9. The second kappa shape index (κ2) is 9.63. The Hall–Kier alpha value is -2.12. The molecule has 2 aliphatic carbocycles. The first-order valence-corrected chi connectivity index (χ1v) is 13.9. The molecule has 0 saturated heterocycles. The fraction of sp³-hybridized carbons (Fsp3) is 0.500. The van der Waals surface area contributed by atoms with Gasteiger partial charge in [-0.15, -0.1) is 11.3 Å². The molecule has 1 amide bonds. The van der Waals surface area contributed by atoms with Crippen molar-refractivity contribution >= 4 is 39.2 Å². The number of rotatable bonds is 5. The minimum atomic E-state index is -0.0109. The lowest BCUT2D eigenvalue weighted by atomic mass is 9.78. The van der Waals surface area contributed by atoms with Crippen molar-refractivity contribution in [2.24, 2.45) is 11.8 Å². The topological polar surface area (TPSA) is 64.0 Å². The number of benzene rings is 1. The first-order chi connectivity index (χ1) is 16.0. The lowest BCUT2D eigenvalue weighted by Crippen LogP contribution is -2.44. The normalized spacial score (nSPS) is 22.8. The first kappa shape index (κ1) is 22.7. The van der Waals surface area contributed by atoms with Gasteiger partial charge in [0.05, 0.1) is 16.8 Å². The van der Waals surface area contributed by atoms with E-state index in [1.807, 2.05) is 30.3 Å². The van der Waals surface area contributed by atoms with Gasteiger partial charge in [-0.25, -0.2) is 4.98 Å². The van der Waals surface area contributed by atoms with Crippen LogP contribution in [0.15, 0.2) is 40.3 Å². The Morgan fingerprint density at radius 3 is 2.76 bits per heavy atom. The first-order valence-electron chi connectivity index (χ1n) is 12.1. The largest absolute Gasteiger partial charge is 0.352 e. The van der Waals surface area contributed by atoms with Crippen molar-refractivity contribution in [1.29, 1.82) is 0 Å². The Labute approximate surface area is 203 Å². The van der Waals surface area contributed by atoms with Gasteiger partial charge >= 0.3 is 0 Å². The van der Waals surface area contributed by atoms with Gasteiger partial charge in [0.1, 0.15) is 4.83 Å². The van der Waals surface area contributed by atoms with Crippen molar-refractivity contribution < 1.29 is 4.79 Å². The molecule has 3 aromatic rings. The van der Waals surface area contributed by atoms with Crippen LogP contribution in [0.1, 0.15) is 56.4 Å². The SMILES string of the molecule is CC1CCCC(NC(=O)CSc2nc3sc4c(c3c(=O)n2-c2ccccc2)CCCC4)C1C. The lowest BCUT2D eigenvalue weighted by Gasteiger charge is -2.34. The average molecular weight is 482 g/mol. The van der Waals surface area contributed by atoms with Gasteiger partial charge in [-0.05, 0) is 61.6 Å². The van der Waals surface area contributed by atoms with Crippen LogP contribution in [-0.4, -0.2) is 27.3 Å². The Morgan fingerprint density at radius 2 is 1.94 bits per heavy atom. The maximum atomic E-state index is 13.7. The number of nitrogens with one attached hydrogen (secondary N) is 1. The quantitative estimate of drug-likeness (QED) is 0.394. The Balaban J connectivity index is 1.45. The molecule has 2 heterocycles. The maximum absolute atomic E-state index is 13.7. The molecule has 1 N–H and O–H groups in total. The highest BCUT2D eigenvalue weighted by molar-refractivity contribution is 7.99. The molecule has 7 heteroatoms. The molecular formula is C26H31N3O2S2. The Morgan fingerprint density at radius 1 is 1.15 bits per heavy atom. The van der Waals surface area contributed by atoms with Crippen LogP contribution in [-0.2, 0) is 17.6 Å². The second-order valence-electron chi connectivity index (χ2n) is 9.49. The molecule has 1 fully saturated rings. The summed E-state index contributed by atoms with van der Waals surface area (Å²) in [6.07, 6.45) is 7.73. The van der Waals surface area contributed by atoms with E-state index in [0.29, 0.717) is 17.0 Å². The van der Waals surface area contributed by atoms with E-state index in [1.54, 1.807) is 15.9 Å². The Kier molecular flexibility index (Phi) is 6.61. The summed E-state index contributed by atoms with van der Waals surface area (Å²) in [7, 11) is 0. The van der Waals surface area contributed by atoms with Crippen molar-refractivity contribution in [1.82, 2.24) is 14.9 Å². The number of aromatic nitrogens is 2. The zero-order valence-electron chi connectivity index (χ0n) is 19.3. The van der Waals surface area contributed by atoms with Gasteiger partial charge in [-0.3, -0.25) is 14.2 Å². The third-order valence-electron chi connectivity index (χ3n) is 7.36. The van der Waals surface area contributed by atoms with E-state index in [-0.39, 0.29) is 23.3 Å². The van der Waals surface area contributed by atoms with Crippen molar-refractivity contribution in [2.75, 3.05) is 5.75 Å². The predicted octanol–water partition coefficient (Wildman–Crippen LogP) is 5.36. The second-order valence-corrected chi connectivity index (χ2v) is 11.5. The molecular weight excluding hydrogens is 450 g/mol. The number of thiophene rings is 1. The van der Waals surface area contributed by atoms with E-state index >= 15 is 0 Å². The molecule has 0 spiro atoms. The van der Waals surface area contributed by atoms with Crippen molar-refractivity contribution in [3.05, 3.63) is 51.1 Å². The highest BCUT2D eigenvalue weighted by atomic mass is 32.2. The number of carbonyl (C=O) groups excluding carboxylic acids is 1. The molecule has 0 aliphatic heterocycles. The molecule has 0 radical (unpaired) electrons. The number of amides is 1. The molecule has 174 valence electrons. The van der Waals surface area contributed by atoms with Crippen LogP contribution in [0.3, 0.4) is 0 Å². The van der Waals surface area contributed by atoms with Crippen LogP contribution >= 0.6 is 23.1 Å². The van der Waals surface area contributed by atoms with Crippen LogP contribution in [0, 0.1) is 11.8 Å². The molecule has 5 rings (SSSR count). The third-order valence-corrected chi connectivity index (χ3v) is 9.48. The van der Waals surface area contributed by atoms with Crippen LogP contribution < -0.4 is 10.9 Å². The third kappa shape index (κ3) is 4.50. The summed E-state index contributed by atoms with van der Waals surface area (Å²) in [5.74, 6) is 1.40. The molecule has 2 aromatic heterocycles. The lowest BCUT2D eigenvalue weighted by molar-refractivity contribution is -0.120. The average Bonchev–Trinajstić information content (AvgIpc) is 3.20. The molecule has 33 heavy (non-hydrogen) atoms. The van der Waals surface area contributed by atoms with Gasteiger partial charge in [0, 0.05) is 10.9 Å². The molecule has 2 aliphatic rings. The summed E-state index contributed by atoms with van der Waals surface area (Å²) in [6.45, 7) is 4.51. The van der Waals surface area contributed by atoms with Gasteiger partial charge in [0.25, 0.3) is 5.56 Å². The molecule has 5 nitrogen and oxygen atoms in total. The Bertz CT molecular complexity index is 1220. The summed E-state index contributed by atoms with van der Waals surface area (Å²) >= 11 is 3.02. The number of hydrogen-bond donors (Lipinski definition) is 1. The van der Waals surface area contributed by atoms with Crippen LogP contribution in [0.2, 0.25) is 0 Å². The highest BCUT2D eigenvalue weighted by Gasteiger charge is 2.28. The maximum Gasteiger partial charge on any atom is 0.267 e. The van der Waals surface area contributed by atoms with Crippen LogP contribution in [0.5, 0.6) is 0 Å². The minimum Gasteiger partial charge on any atom is -0.352 e. The molecule has 0 bridgehead atoms. The van der Waals surface area contributed by atoms with Crippen molar-refractivity contribution in [2.45, 2.75) is 70.0 Å². The summed E-state index contributed by atoms with van der Waals surface area (Å²) < 4.78 is 1.70. The summed E-state index contributed by atoms with van der Waals surface area (Å²) in [4.78, 5) is 33.6. The molecule has 1 saturated carbocycles. The molecule has 3 unspecified atom stereocenters. The van der Waals surface area contributed by atoms with Crippen molar-refractivity contribution in [3.8, 4) is 5.69 Å². The van der Waals surface area contributed by atoms with E-state index in [4.69, 9.17) is 4.98 Å². The van der Waals surface area contributed by atoms with E-state index < -0.39 is 0 Å². The number of aryl methyl sites for hydroxylation is 2. The predicted molar refractivity (Wildman–Crippen MR) is 137 cm³/mol. The van der Waals surface area contributed by atoms with E-state index in [2.05, 4.69) is 19.2 Å². The van der Waals surface area contributed by atoms with Gasteiger partial charge < -0.3 is 5.32 Å². The fourth-order valence-corrected chi connectivity index (χ4v) is 7.38. The minimum absolute atomic E-state index is 0.0109. The van der Waals surface area contributed by atoms with Gasteiger partial charge in [0.2, 0.25) is 5.91 Å². The molecule has 1 aromatic carbocycles. The fourth-order valence-electron chi connectivity index (χ4n) is 5.25. The number of para-hydroxylation sites is 1. The smallest absolute Gasteiger partial charge is 0.267 e. The van der Waals surface area contributed by atoms with Gasteiger partial charge in [-0.2, -0.15) is 0 Å². The summed E-state index contributed by atoms with van der Waals surface area (Å²) in [5.41, 5.74) is 1.98. The number of nitrogens with zero attached hydrogens (tertiary/aromatic N) is 2. The standard InChI is InChI=1S/C26H31N3O2S2/c1-16-9-8-13-20(17(16)2)27-22(30)15-32-26-28-24-23(19-12-6-7-14-21(19)33-24)25(31)29(26)18-10-4-3-5-11-18/h3-5,10-11,16-17,20H,6-9,12-15H2,1-2H3,(H,27,30). The zero-order valence-corrected chi connectivity index (χ0v) is 20.9. The van der Waals surface area contributed by atoms with E-state index in [1.165, 1.54) is 41.5 Å². The number of carbonyl (C=O) groups is 1. The van der Waals surface area contributed by atoms with Gasteiger partial charge in [-0.1, -0.05) is 56.7 Å². The summed E-state index contributed by atoms with van der Waals surface area (Å²) in [5, 5.41) is 4.62. The number of hydrogen-bond acceptors (Lipinski definition) is 5. The summed E-state index contributed by atoms with van der Waals surface area (Å²) in [6, 6.07) is 9.91. The van der Waals surface area contributed by atoms with Gasteiger partial charge in [0.15, 0.2) is 5.16 Å². The monoisotopic (exact) mass is 481 g/mol.